The zero-order chi connectivity index (χ0) is 21.8. The summed E-state index contributed by atoms with van der Waals surface area (Å²) in [6.07, 6.45) is 1.63. The fourth-order valence-corrected chi connectivity index (χ4v) is 3.74. The topological polar surface area (TPSA) is 84.9 Å². The van der Waals surface area contributed by atoms with Gasteiger partial charge in [0.05, 0.1) is 19.1 Å². The van der Waals surface area contributed by atoms with Gasteiger partial charge in [-0.2, -0.15) is 0 Å². The van der Waals surface area contributed by atoms with Gasteiger partial charge in [-0.15, -0.1) is 0 Å². The molecule has 7 nitrogen and oxygen atoms in total. The van der Waals surface area contributed by atoms with E-state index in [4.69, 9.17) is 9.47 Å². The van der Waals surface area contributed by atoms with E-state index in [1.165, 1.54) is 7.11 Å². The summed E-state index contributed by atoms with van der Waals surface area (Å²) in [6, 6.07) is 10.8. The van der Waals surface area contributed by atoms with Gasteiger partial charge in [0.2, 0.25) is 5.91 Å². The van der Waals surface area contributed by atoms with Crippen molar-refractivity contribution in [3.8, 4) is 11.5 Å². The molecule has 1 aliphatic rings. The summed E-state index contributed by atoms with van der Waals surface area (Å²) in [7, 11) is 3.07. The van der Waals surface area contributed by atoms with E-state index in [0.29, 0.717) is 17.2 Å². The average Bonchev–Trinajstić information content (AvgIpc) is 2.98. The van der Waals surface area contributed by atoms with Crippen molar-refractivity contribution in [1.29, 1.82) is 0 Å². The molecule has 1 saturated heterocycles. The van der Waals surface area contributed by atoms with E-state index < -0.39 is 17.1 Å². The molecule has 30 heavy (non-hydrogen) atoms. The third-order valence-electron chi connectivity index (χ3n) is 4.57. The maximum atomic E-state index is 12.7. The van der Waals surface area contributed by atoms with Crippen LogP contribution in [0.3, 0.4) is 0 Å². The van der Waals surface area contributed by atoms with Crippen LogP contribution in [0.15, 0.2) is 41.3 Å². The molecule has 0 spiro atoms. The van der Waals surface area contributed by atoms with Crippen LogP contribution in [0.25, 0.3) is 6.08 Å². The predicted molar refractivity (Wildman–Crippen MR) is 117 cm³/mol. The van der Waals surface area contributed by atoms with E-state index in [0.717, 1.165) is 33.4 Å². The first-order valence-electron chi connectivity index (χ1n) is 9.17. The molecule has 1 aliphatic heterocycles. The molecule has 0 bridgehead atoms. The molecule has 3 rings (SSSR count). The van der Waals surface area contributed by atoms with Gasteiger partial charge in [0, 0.05) is 5.69 Å². The molecule has 0 aliphatic carbocycles. The minimum absolute atomic E-state index is 0.249. The van der Waals surface area contributed by atoms with E-state index in [2.05, 4.69) is 5.32 Å². The standard InChI is InChI=1S/C22H22N2O5S/c1-13-5-7-16(8-6-13)23-20(25)12-24-21(26)19(30-22(24)27)11-15-10-18(29-4)17(28-3)9-14(15)2/h5-11H,12H2,1-4H3,(H,23,25)/b19-11-. The highest BCUT2D eigenvalue weighted by molar-refractivity contribution is 8.18. The van der Waals surface area contributed by atoms with Gasteiger partial charge in [-0.3, -0.25) is 19.3 Å². The third kappa shape index (κ3) is 4.65. The fraction of sp³-hybridized carbons (Fsp3) is 0.227. The van der Waals surface area contributed by atoms with Crippen LogP contribution in [0.1, 0.15) is 16.7 Å². The van der Waals surface area contributed by atoms with E-state index in [1.807, 2.05) is 26.0 Å². The summed E-state index contributed by atoms with van der Waals surface area (Å²) < 4.78 is 10.6. The first-order chi connectivity index (χ1) is 14.3. The fourth-order valence-electron chi connectivity index (χ4n) is 2.91. The Morgan fingerprint density at radius 1 is 1.07 bits per heavy atom. The lowest BCUT2D eigenvalue weighted by atomic mass is 10.1. The lowest BCUT2D eigenvalue weighted by molar-refractivity contribution is -0.127. The van der Waals surface area contributed by atoms with E-state index in [9.17, 15) is 14.4 Å². The Kier molecular flexibility index (Phi) is 6.47. The summed E-state index contributed by atoms with van der Waals surface area (Å²) in [5.41, 5.74) is 3.25. The number of hydrogen-bond acceptors (Lipinski definition) is 6. The number of benzene rings is 2. The minimum atomic E-state index is -0.502. The zero-order valence-electron chi connectivity index (χ0n) is 17.1. The molecule has 0 saturated carbocycles. The van der Waals surface area contributed by atoms with Gasteiger partial charge in [-0.05, 0) is 67.1 Å². The predicted octanol–water partition coefficient (Wildman–Crippen LogP) is 4.00. The molecule has 8 heteroatoms. The van der Waals surface area contributed by atoms with Crippen LogP contribution in [-0.2, 0) is 9.59 Å². The van der Waals surface area contributed by atoms with E-state index in [-0.39, 0.29) is 11.4 Å². The Balaban J connectivity index is 1.76. The van der Waals surface area contributed by atoms with Crippen LogP contribution in [0.2, 0.25) is 0 Å². The van der Waals surface area contributed by atoms with Crippen molar-refractivity contribution < 1.29 is 23.9 Å². The summed E-state index contributed by atoms with van der Waals surface area (Å²) in [4.78, 5) is 38.5. The van der Waals surface area contributed by atoms with Crippen LogP contribution in [0.4, 0.5) is 10.5 Å². The number of ether oxygens (including phenoxy) is 2. The maximum Gasteiger partial charge on any atom is 0.294 e. The molecule has 0 radical (unpaired) electrons. The lowest BCUT2D eigenvalue weighted by Crippen LogP contribution is -2.36. The lowest BCUT2D eigenvalue weighted by Gasteiger charge is -2.13. The highest BCUT2D eigenvalue weighted by Gasteiger charge is 2.36. The summed E-state index contributed by atoms with van der Waals surface area (Å²) in [5, 5.41) is 2.21. The number of hydrogen-bond donors (Lipinski definition) is 1. The number of amides is 3. The van der Waals surface area contributed by atoms with Gasteiger partial charge in [0.15, 0.2) is 11.5 Å². The third-order valence-corrected chi connectivity index (χ3v) is 5.48. The van der Waals surface area contributed by atoms with E-state index >= 15 is 0 Å². The number of aryl methyl sites for hydroxylation is 2. The highest BCUT2D eigenvalue weighted by Crippen LogP contribution is 2.35. The molecule has 156 valence electrons. The molecule has 3 amide bonds. The molecule has 1 N–H and O–H groups in total. The number of carbonyl (C=O) groups is 3. The van der Waals surface area contributed by atoms with Crippen LogP contribution < -0.4 is 14.8 Å². The Bertz CT molecular complexity index is 1030. The second kappa shape index (κ2) is 9.04. The van der Waals surface area contributed by atoms with Crippen molar-refractivity contribution >= 4 is 40.6 Å². The van der Waals surface area contributed by atoms with Crippen molar-refractivity contribution in [1.82, 2.24) is 4.90 Å². The monoisotopic (exact) mass is 426 g/mol. The first-order valence-corrected chi connectivity index (χ1v) is 9.98. The van der Waals surface area contributed by atoms with Crippen molar-refractivity contribution in [3.05, 3.63) is 58.0 Å². The SMILES string of the molecule is COc1cc(C)c(/C=C2\SC(=O)N(CC(=O)Nc3ccc(C)cc3)C2=O)cc1OC. The molecule has 1 fully saturated rings. The summed E-state index contributed by atoms with van der Waals surface area (Å²) >= 11 is 0.805. The molecule has 0 atom stereocenters. The average molecular weight is 426 g/mol. The van der Waals surface area contributed by atoms with Gasteiger partial charge in [-0.25, -0.2) is 0 Å². The van der Waals surface area contributed by atoms with E-state index in [1.54, 1.807) is 37.5 Å². The number of anilines is 1. The Morgan fingerprint density at radius 3 is 2.33 bits per heavy atom. The Morgan fingerprint density at radius 2 is 1.70 bits per heavy atom. The smallest absolute Gasteiger partial charge is 0.294 e. The van der Waals surface area contributed by atoms with Crippen molar-refractivity contribution in [2.75, 3.05) is 26.1 Å². The number of thioether (sulfide) groups is 1. The Labute approximate surface area is 179 Å². The molecular weight excluding hydrogens is 404 g/mol. The van der Waals surface area contributed by atoms with Gasteiger partial charge >= 0.3 is 0 Å². The number of nitrogens with zero attached hydrogens (tertiary/aromatic N) is 1. The molecule has 2 aromatic carbocycles. The second-order valence-corrected chi connectivity index (χ2v) is 7.74. The van der Waals surface area contributed by atoms with Crippen LogP contribution in [0.5, 0.6) is 11.5 Å². The van der Waals surface area contributed by atoms with Gasteiger partial charge in [0.1, 0.15) is 6.54 Å². The minimum Gasteiger partial charge on any atom is -0.493 e. The maximum absolute atomic E-state index is 12.7. The van der Waals surface area contributed by atoms with Crippen molar-refractivity contribution in [2.45, 2.75) is 13.8 Å². The number of nitrogens with one attached hydrogen (secondary N) is 1. The van der Waals surface area contributed by atoms with Crippen LogP contribution in [-0.4, -0.2) is 42.7 Å². The zero-order valence-corrected chi connectivity index (χ0v) is 18.0. The Hall–Kier alpha value is -3.26. The first kappa shape index (κ1) is 21.4. The van der Waals surface area contributed by atoms with Crippen molar-refractivity contribution in [3.63, 3.8) is 0 Å². The van der Waals surface area contributed by atoms with Crippen molar-refractivity contribution in [2.24, 2.45) is 0 Å². The van der Waals surface area contributed by atoms with Gasteiger partial charge in [0.25, 0.3) is 11.1 Å². The number of rotatable bonds is 6. The number of carbonyl (C=O) groups excluding carboxylic acids is 3. The molecule has 2 aromatic rings. The summed E-state index contributed by atoms with van der Waals surface area (Å²) in [5.74, 6) is 0.155. The normalized spacial score (nSPS) is 14.9. The largest absolute Gasteiger partial charge is 0.493 e. The highest BCUT2D eigenvalue weighted by atomic mass is 32.2. The summed E-state index contributed by atoms with van der Waals surface area (Å²) in [6.45, 7) is 3.46. The second-order valence-electron chi connectivity index (χ2n) is 6.75. The molecule has 0 unspecified atom stereocenters. The van der Waals surface area contributed by atoms with Crippen LogP contribution >= 0.6 is 11.8 Å². The number of methoxy groups -OCH3 is 2. The van der Waals surface area contributed by atoms with Crippen LogP contribution in [0, 0.1) is 13.8 Å². The van der Waals surface area contributed by atoms with Gasteiger partial charge in [-0.1, -0.05) is 17.7 Å². The quantitative estimate of drug-likeness (QED) is 0.703. The molecular formula is C22H22N2O5S. The van der Waals surface area contributed by atoms with Gasteiger partial charge < -0.3 is 14.8 Å². The molecule has 1 heterocycles. The molecule has 0 aromatic heterocycles. The number of imide groups is 1.